The van der Waals surface area contributed by atoms with E-state index in [0.717, 1.165) is 0 Å². The van der Waals surface area contributed by atoms with Crippen molar-refractivity contribution in [1.82, 2.24) is 0 Å². The minimum Gasteiger partial charge on any atom is -0.213 e. The molecule has 0 atom stereocenters. The normalized spacial score (nSPS) is 11.4. The van der Waals surface area contributed by atoms with Gasteiger partial charge in [0.15, 0.2) is 0 Å². The monoisotopic (exact) mass is 326 g/mol. The third-order valence-corrected chi connectivity index (χ3v) is 7.52. The molecule has 0 heterocycles. The van der Waals surface area contributed by atoms with E-state index in [1.165, 1.54) is 27.3 Å². The van der Waals surface area contributed by atoms with Crippen molar-refractivity contribution in [3.8, 4) is 0 Å². The summed E-state index contributed by atoms with van der Waals surface area (Å²) in [7, 11) is -0.469. The molecule has 0 fully saturated rings. The molecule has 0 bridgehead atoms. The van der Waals surface area contributed by atoms with Gasteiger partial charge in [-0.1, -0.05) is 73.5 Å². The summed E-state index contributed by atoms with van der Waals surface area (Å²) >= 11 is 0. The quantitative estimate of drug-likeness (QED) is 0.392. The van der Waals surface area contributed by atoms with Gasteiger partial charge in [0, 0.05) is 0 Å². The van der Waals surface area contributed by atoms with Crippen molar-refractivity contribution < 1.29 is 18.9 Å². The van der Waals surface area contributed by atoms with E-state index in [9.17, 15) is 0 Å². The number of hydrogen-bond acceptors (Lipinski definition) is 0. The van der Waals surface area contributed by atoms with Gasteiger partial charge in [-0.25, -0.2) is 12.1 Å². The molecule has 0 spiro atoms. The van der Waals surface area contributed by atoms with Gasteiger partial charge in [-0.3, -0.25) is 0 Å². The third-order valence-electron chi connectivity index (χ3n) is 4.51. The first-order valence-electron chi connectivity index (χ1n) is 8.14. The zero-order valence-electron chi connectivity index (χ0n) is 15.4. The topological polar surface area (TPSA) is 0 Å². The van der Waals surface area contributed by atoms with Crippen molar-refractivity contribution in [2.45, 2.75) is 32.9 Å². The van der Waals surface area contributed by atoms with E-state index in [4.69, 9.17) is 0 Å². The average molecular weight is 326 g/mol. The number of aryl methyl sites for hydroxylation is 2. The Morgan fingerprint density at radius 3 is 1.46 bits per heavy atom. The molecule has 0 saturated carbocycles. The van der Waals surface area contributed by atoms with Crippen molar-refractivity contribution in [2.75, 3.05) is 0 Å². The van der Waals surface area contributed by atoms with E-state index < -0.39 is 7.92 Å². The molecule has 0 radical (unpaired) electrons. The number of hydrogen-bond donors (Lipinski definition) is 0. The first-order chi connectivity index (χ1) is 11.0. The molecule has 2 heteroatoms. The van der Waals surface area contributed by atoms with Crippen molar-refractivity contribution in [1.29, 1.82) is 0 Å². The van der Waals surface area contributed by atoms with E-state index in [2.05, 4.69) is 100 Å². The second-order valence-electron chi connectivity index (χ2n) is 6.74. The maximum Gasteiger partial charge on any atom is 1.00 e. The first-order valence-corrected chi connectivity index (χ1v) is 9.48. The van der Waals surface area contributed by atoms with Gasteiger partial charge in [-0.05, 0) is 37.5 Å². The predicted molar refractivity (Wildman–Crippen MR) is 104 cm³/mol. The molecule has 0 saturated heterocycles. The minimum absolute atomic E-state index is 0. The summed E-state index contributed by atoms with van der Waals surface area (Å²) in [4.78, 5) is 0. The van der Waals surface area contributed by atoms with Crippen molar-refractivity contribution in [3.63, 3.8) is 0 Å². The van der Waals surface area contributed by atoms with Crippen LogP contribution in [0.3, 0.4) is 0 Å². The molecule has 0 aromatic heterocycles. The molecule has 118 valence electrons. The molecule has 0 aliphatic rings. The summed E-state index contributed by atoms with van der Waals surface area (Å²) in [6, 6.07) is 27.0. The fourth-order valence-electron chi connectivity index (χ4n) is 3.09. The molecule has 3 rings (SSSR count). The van der Waals surface area contributed by atoms with Crippen LogP contribution in [0.2, 0.25) is 0 Å². The molecule has 0 aliphatic heterocycles. The van der Waals surface area contributed by atoms with Crippen LogP contribution in [0, 0.1) is 13.8 Å². The van der Waals surface area contributed by atoms with Crippen molar-refractivity contribution in [2.24, 2.45) is 0 Å². The van der Waals surface area contributed by atoms with Crippen LogP contribution in [0.1, 0.15) is 30.5 Å². The fraction of sp³-hybridized carbons (Fsp3) is 0.227. The Bertz CT molecular complexity index is 707. The summed E-state index contributed by atoms with van der Waals surface area (Å²) in [6.07, 6.45) is 0. The Balaban J connectivity index is 0.00000208. The van der Waals surface area contributed by atoms with Crippen LogP contribution in [0.5, 0.6) is 0 Å². The first kappa shape index (κ1) is 19.1. The zero-order chi connectivity index (χ0) is 16.4. The van der Waals surface area contributed by atoms with Crippen LogP contribution in [-0.2, 0) is 5.16 Å². The van der Waals surface area contributed by atoms with E-state index in [1.54, 1.807) is 0 Å². The summed E-state index contributed by atoms with van der Waals surface area (Å²) in [5.74, 6) is 0. The van der Waals surface area contributed by atoms with Gasteiger partial charge < -0.3 is 0 Å². The van der Waals surface area contributed by atoms with Crippen molar-refractivity contribution >= 4 is 18.5 Å². The van der Waals surface area contributed by atoms with E-state index in [1.807, 2.05) is 0 Å². The molecule has 3 aromatic rings. The zero-order valence-corrected chi connectivity index (χ0v) is 16.3. The van der Waals surface area contributed by atoms with Crippen molar-refractivity contribution in [3.05, 3.63) is 89.5 Å². The van der Waals surface area contributed by atoms with Gasteiger partial charge in [0.1, 0.15) is 0 Å². The average Bonchev–Trinajstić information content (AvgIpc) is 3.06. The SMILES string of the molecule is Cc1ccc(P(c2ccc(C)cc2)C(C)(C)[c-]2cccc2)cc1.[Li+]. The van der Waals surface area contributed by atoms with Crippen LogP contribution in [-0.4, -0.2) is 0 Å². The Morgan fingerprint density at radius 2 is 1.08 bits per heavy atom. The Morgan fingerprint density at radius 1 is 0.708 bits per heavy atom. The van der Waals surface area contributed by atoms with E-state index in [0.29, 0.717) is 0 Å². The second-order valence-corrected chi connectivity index (χ2v) is 9.56. The number of rotatable bonds is 4. The summed E-state index contributed by atoms with van der Waals surface area (Å²) in [5.41, 5.74) is 4.06. The van der Waals surface area contributed by atoms with Crippen LogP contribution in [0.15, 0.2) is 72.8 Å². The molecule has 0 nitrogen and oxygen atoms in total. The van der Waals surface area contributed by atoms with E-state index in [-0.39, 0.29) is 24.0 Å². The summed E-state index contributed by atoms with van der Waals surface area (Å²) in [6.45, 7) is 9.07. The van der Waals surface area contributed by atoms with Gasteiger partial charge in [0.25, 0.3) is 0 Å². The largest absolute Gasteiger partial charge is 1.00 e. The molecular formula is C22H24LiP. The van der Waals surface area contributed by atoms with E-state index >= 15 is 0 Å². The molecule has 0 unspecified atom stereocenters. The molecule has 24 heavy (non-hydrogen) atoms. The summed E-state index contributed by atoms with van der Waals surface area (Å²) in [5, 5.41) is 2.99. The third kappa shape index (κ3) is 3.89. The standard InChI is InChI=1S/C22H24P.Li/c1-17-9-13-20(14-10-17)23(21-15-11-18(2)12-16-21)22(3,4)19-7-5-6-8-19;/h5-16H,1-4H3;/q-1;+1. The van der Waals surface area contributed by atoms with Gasteiger partial charge in [-0.15, -0.1) is 5.56 Å². The predicted octanol–water partition coefficient (Wildman–Crippen LogP) is 2.39. The molecule has 0 aliphatic carbocycles. The molecule has 0 amide bonds. The van der Waals surface area contributed by atoms with Gasteiger partial charge in [-0.2, -0.15) is 12.1 Å². The molecule has 3 aromatic carbocycles. The van der Waals surface area contributed by atoms with Gasteiger partial charge in [0.05, 0.1) is 0 Å². The van der Waals surface area contributed by atoms with Crippen LogP contribution in [0.25, 0.3) is 0 Å². The second kappa shape index (κ2) is 7.80. The smallest absolute Gasteiger partial charge is 0.213 e. The maximum absolute atomic E-state index is 2.38. The van der Waals surface area contributed by atoms with Crippen LogP contribution in [0.4, 0.5) is 0 Å². The van der Waals surface area contributed by atoms with Gasteiger partial charge in [0.2, 0.25) is 0 Å². The van der Waals surface area contributed by atoms with Gasteiger partial charge >= 0.3 is 18.9 Å². The summed E-state index contributed by atoms with van der Waals surface area (Å²) < 4.78 is 0. The Labute approximate surface area is 159 Å². The minimum atomic E-state index is -0.469. The van der Waals surface area contributed by atoms with Crippen LogP contribution >= 0.6 is 7.92 Å². The fourth-order valence-corrected chi connectivity index (χ4v) is 5.98. The van der Waals surface area contributed by atoms with Crippen LogP contribution < -0.4 is 29.5 Å². The maximum atomic E-state index is 2.38. The molecular weight excluding hydrogens is 302 g/mol. The Kier molecular flexibility index (Phi) is 6.22. The molecule has 0 N–H and O–H groups in total. The Hall–Kier alpha value is -1.18. The number of benzene rings is 2.